The molecule has 0 aromatic heterocycles. The summed E-state index contributed by atoms with van der Waals surface area (Å²) in [6.45, 7) is 5.36. The topological polar surface area (TPSA) is 63.6 Å². The predicted octanol–water partition coefficient (Wildman–Crippen LogP) is 3.61. The number of benzene rings is 1. The molecule has 1 aromatic rings. The maximum Gasteiger partial charge on any atom is 0.307 e. The van der Waals surface area contributed by atoms with Gasteiger partial charge in [-0.15, -0.1) is 0 Å². The van der Waals surface area contributed by atoms with Crippen LogP contribution in [0.4, 0.5) is 0 Å². The molecule has 4 nitrogen and oxygen atoms in total. The number of rotatable bonds is 7. The van der Waals surface area contributed by atoms with E-state index in [4.69, 9.17) is 9.63 Å². The largest absolute Gasteiger partial charge is 0.481 e. The Bertz CT molecular complexity index is 458. The van der Waals surface area contributed by atoms with Crippen LogP contribution in [0.3, 0.4) is 0 Å². The van der Waals surface area contributed by atoms with E-state index in [2.05, 4.69) is 0 Å². The molecule has 0 fully saturated rings. The first kappa shape index (κ1) is 15.9. The number of hydrogen-bond acceptors (Lipinski definition) is 3. The van der Waals surface area contributed by atoms with Crippen molar-refractivity contribution in [3.63, 3.8) is 0 Å². The third-order valence-electron chi connectivity index (χ3n) is 3.33. The van der Waals surface area contributed by atoms with Crippen LogP contribution in [0.15, 0.2) is 30.3 Å². The van der Waals surface area contributed by atoms with Gasteiger partial charge in [0.1, 0.15) is 0 Å². The van der Waals surface area contributed by atoms with Gasteiger partial charge in [-0.25, -0.2) is 0 Å². The minimum absolute atomic E-state index is 0.278. The Kier molecular flexibility index (Phi) is 5.77. The van der Waals surface area contributed by atoms with E-state index in [0.717, 1.165) is 5.56 Å². The zero-order valence-corrected chi connectivity index (χ0v) is 12.5. The van der Waals surface area contributed by atoms with E-state index in [1.54, 1.807) is 20.8 Å². The van der Waals surface area contributed by atoms with Gasteiger partial charge in [0.15, 0.2) is 0 Å². The molecule has 0 aliphatic heterocycles. The molecule has 0 saturated carbocycles. The van der Waals surface area contributed by atoms with Crippen molar-refractivity contribution in [1.29, 1.82) is 0 Å². The maximum absolute atomic E-state index is 12.9. The molecule has 0 heterocycles. The standard InChI is InChI=1S/C14H21O4P/c1-4-18-19(17,12(3)11(2)14(15)16)10-13-8-6-5-7-9-13/h5-9,11-12H,4,10H2,1-3H3,(H,15,16). The highest BCUT2D eigenvalue weighted by Crippen LogP contribution is 2.56. The minimum atomic E-state index is -3.02. The summed E-state index contributed by atoms with van der Waals surface area (Å²) in [5.74, 6) is -1.64. The van der Waals surface area contributed by atoms with Crippen molar-refractivity contribution in [2.24, 2.45) is 5.92 Å². The van der Waals surface area contributed by atoms with Crippen molar-refractivity contribution in [2.75, 3.05) is 6.61 Å². The first-order valence-corrected chi connectivity index (χ1v) is 8.28. The second-order valence-electron chi connectivity index (χ2n) is 4.66. The first-order chi connectivity index (χ1) is 8.90. The Morgan fingerprint density at radius 2 is 1.89 bits per heavy atom. The van der Waals surface area contributed by atoms with Crippen LogP contribution in [-0.4, -0.2) is 23.3 Å². The molecule has 19 heavy (non-hydrogen) atoms. The Balaban J connectivity index is 2.97. The number of carboxylic acid groups (broad SMARTS) is 1. The zero-order valence-electron chi connectivity index (χ0n) is 11.6. The molecular weight excluding hydrogens is 263 g/mol. The van der Waals surface area contributed by atoms with Crippen molar-refractivity contribution >= 4 is 13.3 Å². The smallest absolute Gasteiger partial charge is 0.307 e. The average Bonchev–Trinajstić information content (AvgIpc) is 2.38. The molecule has 1 rings (SSSR count). The number of carboxylic acids is 1. The highest BCUT2D eigenvalue weighted by atomic mass is 31.2. The maximum atomic E-state index is 12.9. The fourth-order valence-electron chi connectivity index (χ4n) is 1.91. The molecule has 106 valence electrons. The molecule has 0 radical (unpaired) electrons. The molecule has 0 aliphatic rings. The summed E-state index contributed by atoms with van der Waals surface area (Å²) in [7, 11) is -3.02. The second kappa shape index (κ2) is 6.88. The van der Waals surface area contributed by atoms with Crippen LogP contribution in [0.5, 0.6) is 0 Å². The Morgan fingerprint density at radius 3 is 2.37 bits per heavy atom. The van der Waals surface area contributed by atoms with Crippen LogP contribution in [0.2, 0.25) is 0 Å². The van der Waals surface area contributed by atoms with Gasteiger partial charge < -0.3 is 9.63 Å². The lowest BCUT2D eigenvalue weighted by Crippen LogP contribution is -2.24. The van der Waals surface area contributed by atoms with Crippen LogP contribution in [0, 0.1) is 5.92 Å². The third kappa shape index (κ3) is 4.19. The fraction of sp³-hybridized carbons (Fsp3) is 0.500. The highest BCUT2D eigenvalue weighted by molar-refractivity contribution is 7.59. The fourth-order valence-corrected chi connectivity index (χ4v) is 4.49. The van der Waals surface area contributed by atoms with Crippen LogP contribution in [-0.2, 0) is 20.0 Å². The number of carbonyl (C=O) groups is 1. The molecule has 3 atom stereocenters. The molecule has 0 amide bonds. The van der Waals surface area contributed by atoms with Gasteiger partial charge in [-0.1, -0.05) is 44.2 Å². The predicted molar refractivity (Wildman–Crippen MR) is 75.6 cm³/mol. The highest BCUT2D eigenvalue weighted by Gasteiger charge is 2.37. The quantitative estimate of drug-likeness (QED) is 0.777. The van der Waals surface area contributed by atoms with Gasteiger partial charge in [-0.3, -0.25) is 9.36 Å². The molecule has 1 N–H and O–H groups in total. The van der Waals surface area contributed by atoms with Crippen LogP contribution in [0.1, 0.15) is 26.3 Å². The zero-order chi connectivity index (χ0) is 14.5. The summed E-state index contributed by atoms with van der Waals surface area (Å²) < 4.78 is 18.4. The van der Waals surface area contributed by atoms with Gasteiger partial charge in [0.2, 0.25) is 7.37 Å². The summed E-state index contributed by atoms with van der Waals surface area (Å²) in [4.78, 5) is 11.1. The van der Waals surface area contributed by atoms with E-state index in [-0.39, 0.29) is 6.16 Å². The Hall–Kier alpha value is -1.12. The second-order valence-corrected chi connectivity index (χ2v) is 7.50. The Labute approximate surface area is 114 Å². The van der Waals surface area contributed by atoms with Gasteiger partial charge in [0.25, 0.3) is 0 Å². The van der Waals surface area contributed by atoms with Gasteiger partial charge >= 0.3 is 5.97 Å². The molecule has 0 spiro atoms. The van der Waals surface area contributed by atoms with Crippen LogP contribution >= 0.6 is 7.37 Å². The lowest BCUT2D eigenvalue weighted by atomic mass is 10.1. The molecule has 5 heteroatoms. The van der Waals surface area contributed by atoms with Crippen molar-refractivity contribution in [3.8, 4) is 0 Å². The number of hydrogen-bond donors (Lipinski definition) is 1. The van der Waals surface area contributed by atoms with Crippen molar-refractivity contribution in [3.05, 3.63) is 35.9 Å². The molecule has 0 saturated heterocycles. The van der Waals surface area contributed by atoms with Gasteiger partial charge in [-0.2, -0.15) is 0 Å². The monoisotopic (exact) mass is 284 g/mol. The van der Waals surface area contributed by atoms with E-state index in [1.165, 1.54) is 0 Å². The number of aliphatic carboxylic acids is 1. The lowest BCUT2D eigenvalue weighted by Gasteiger charge is -2.27. The molecule has 1 aromatic carbocycles. The summed E-state index contributed by atoms with van der Waals surface area (Å²) in [6.07, 6.45) is 0.278. The van der Waals surface area contributed by atoms with Crippen molar-refractivity contribution in [2.45, 2.75) is 32.6 Å². The molecule has 0 bridgehead atoms. The summed E-state index contributed by atoms with van der Waals surface area (Å²) >= 11 is 0. The average molecular weight is 284 g/mol. The third-order valence-corrected chi connectivity index (χ3v) is 6.52. The van der Waals surface area contributed by atoms with Gasteiger partial charge in [-0.05, 0) is 12.5 Å². The van der Waals surface area contributed by atoms with E-state index in [9.17, 15) is 9.36 Å². The van der Waals surface area contributed by atoms with E-state index in [1.807, 2.05) is 30.3 Å². The van der Waals surface area contributed by atoms with Gasteiger partial charge in [0.05, 0.1) is 18.7 Å². The lowest BCUT2D eigenvalue weighted by molar-refractivity contribution is -0.141. The van der Waals surface area contributed by atoms with E-state index in [0.29, 0.717) is 6.61 Å². The van der Waals surface area contributed by atoms with Crippen LogP contribution < -0.4 is 0 Å². The molecular formula is C14H21O4P. The van der Waals surface area contributed by atoms with Crippen molar-refractivity contribution < 1.29 is 19.0 Å². The van der Waals surface area contributed by atoms with Gasteiger partial charge in [0, 0.05) is 5.66 Å². The minimum Gasteiger partial charge on any atom is -0.481 e. The SMILES string of the molecule is CCOP(=O)(Cc1ccccc1)C(C)C(C)C(=O)O. The Morgan fingerprint density at radius 1 is 1.32 bits per heavy atom. The van der Waals surface area contributed by atoms with E-state index < -0.39 is 24.9 Å². The summed E-state index contributed by atoms with van der Waals surface area (Å²) in [5.41, 5.74) is 0.397. The molecule has 0 aliphatic carbocycles. The van der Waals surface area contributed by atoms with Crippen LogP contribution in [0.25, 0.3) is 0 Å². The normalized spacial score (nSPS) is 17.4. The molecule has 3 unspecified atom stereocenters. The summed E-state index contributed by atoms with van der Waals surface area (Å²) in [5, 5.41) is 9.07. The van der Waals surface area contributed by atoms with E-state index >= 15 is 0 Å². The summed E-state index contributed by atoms with van der Waals surface area (Å²) in [6, 6.07) is 9.39. The van der Waals surface area contributed by atoms with Crippen molar-refractivity contribution in [1.82, 2.24) is 0 Å². The first-order valence-electron chi connectivity index (χ1n) is 6.40.